The third-order valence-electron chi connectivity index (χ3n) is 10.3. The van der Waals surface area contributed by atoms with E-state index in [1.54, 1.807) is 38.5 Å². The Bertz CT molecular complexity index is 1590. The van der Waals surface area contributed by atoms with Crippen LogP contribution in [0, 0.1) is 0 Å². The molecule has 2 heterocycles. The van der Waals surface area contributed by atoms with Crippen LogP contribution in [0.5, 0.6) is 11.5 Å². The zero-order valence-corrected chi connectivity index (χ0v) is 35.2. The van der Waals surface area contributed by atoms with E-state index in [1.807, 2.05) is 6.07 Å². The molecule has 4 rings (SSSR count). The van der Waals surface area contributed by atoms with Crippen molar-refractivity contribution in [2.24, 2.45) is 0 Å². The number of hydrogen-bond donors (Lipinski definition) is 0. The predicted molar refractivity (Wildman–Crippen MR) is 200 cm³/mol. The van der Waals surface area contributed by atoms with Gasteiger partial charge in [0.2, 0.25) is 0 Å². The number of imide groups is 1. The van der Waals surface area contributed by atoms with Crippen LogP contribution in [0.2, 0.25) is 13.3 Å². The van der Waals surface area contributed by atoms with Crippen molar-refractivity contribution < 1.29 is 52.4 Å². The van der Waals surface area contributed by atoms with Gasteiger partial charge in [-0.25, -0.2) is 0 Å². The molecule has 0 unspecified atom stereocenters. The molecule has 0 saturated carbocycles. The number of esters is 3. The zero-order chi connectivity index (χ0) is 38.9. The van der Waals surface area contributed by atoms with E-state index < -0.39 is 78.6 Å². The van der Waals surface area contributed by atoms with Crippen LogP contribution in [0.15, 0.2) is 36.4 Å². The average Bonchev–Trinajstić information content (AvgIpc) is 3.38. The fraction of sp³-hybridized carbons (Fsp3) is 0.575. The van der Waals surface area contributed by atoms with Gasteiger partial charge in [-0.15, -0.1) is 0 Å². The number of methoxy groups -OCH3 is 2. The summed E-state index contributed by atoms with van der Waals surface area (Å²) in [6, 6.07) is 8.99. The molecule has 2 aliphatic heterocycles. The summed E-state index contributed by atoms with van der Waals surface area (Å²) in [5.74, 6) is -2.22. The van der Waals surface area contributed by atoms with Crippen molar-refractivity contribution in [2.45, 2.75) is 124 Å². The van der Waals surface area contributed by atoms with Crippen LogP contribution >= 0.6 is 0 Å². The molecule has 53 heavy (non-hydrogen) atoms. The molecule has 0 bridgehead atoms. The summed E-state index contributed by atoms with van der Waals surface area (Å²) in [6.45, 7) is 9.86. The summed E-state index contributed by atoms with van der Waals surface area (Å²) >= 11 is -3.19. The van der Waals surface area contributed by atoms with Gasteiger partial charge in [-0.3, -0.25) is 0 Å². The maximum absolute atomic E-state index is 14.2. The van der Waals surface area contributed by atoms with E-state index in [2.05, 4.69) is 26.8 Å². The number of fused-ring (bicyclic) bond motifs is 1. The molecule has 12 nitrogen and oxygen atoms in total. The summed E-state index contributed by atoms with van der Waals surface area (Å²) in [6.07, 6.45) is 1.41. The third kappa shape index (κ3) is 9.36. The normalized spacial score (nSPS) is 21.2. The van der Waals surface area contributed by atoms with Crippen molar-refractivity contribution in [1.29, 1.82) is 0 Å². The second-order valence-electron chi connectivity index (χ2n) is 13.9. The van der Waals surface area contributed by atoms with Crippen LogP contribution in [-0.4, -0.2) is 98.2 Å². The first-order valence-corrected chi connectivity index (χ1v) is 26.2. The molecule has 2 aromatic rings. The number of benzene rings is 2. The average molecular weight is 845 g/mol. The van der Waals surface area contributed by atoms with Gasteiger partial charge in [-0.05, 0) is 0 Å². The fourth-order valence-corrected chi connectivity index (χ4v) is 24.3. The standard InChI is InChI=1S/C28H28NO11.3C4H9.Sn/c1-14(30)37-13-22-25(38-15(2)31)26(39-16(3)32)23(29-27(33)18-8-6-7-9-19(18)28(29)34)24(40-22)20-12-17(35-4)10-11-21(20)36-5;3*1-3-4-2;/h6-9,11-12,22-26H,13H2,1-5H3;3*1,3-4H2,2H3;/t22-,23+,24+,25-,26-;;;;/m1..../s1. The number of ether oxygens (including phenoxy) is 6. The molecule has 13 heteroatoms. The Balaban J connectivity index is 2.02. The van der Waals surface area contributed by atoms with Gasteiger partial charge >= 0.3 is 318 Å². The van der Waals surface area contributed by atoms with Gasteiger partial charge in [0.25, 0.3) is 0 Å². The zero-order valence-electron chi connectivity index (χ0n) is 32.4. The number of carbonyl (C=O) groups is 5. The van der Waals surface area contributed by atoms with E-state index in [0.29, 0.717) is 17.1 Å². The monoisotopic (exact) mass is 845 g/mol. The first-order chi connectivity index (χ1) is 25.4. The Hall–Kier alpha value is -3.65. The van der Waals surface area contributed by atoms with E-state index in [1.165, 1.54) is 24.4 Å². The van der Waals surface area contributed by atoms with Crippen LogP contribution in [0.4, 0.5) is 0 Å². The van der Waals surface area contributed by atoms with Crippen molar-refractivity contribution in [2.75, 3.05) is 20.8 Å². The van der Waals surface area contributed by atoms with Crippen molar-refractivity contribution in [3.63, 3.8) is 0 Å². The second kappa shape index (κ2) is 19.1. The number of rotatable bonds is 18. The fourth-order valence-electron chi connectivity index (χ4n) is 7.82. The summed E-state index contributed by atoms with van der Waals surface area (Å²) in [5, 5.41) is 0. The molecule has 0 aliphatic carbocycles. The first-order valence-electron chi connectivity index (χ1n) is 18.7. The summed E-state index contributed by atoms with van der Waals surface area (Å²) in [4.78, 5) is 66.8. The van der Waals surface area contributed by atoms with Gasteiger partial charge in [-0.1, -0.05) is 0 Å². The molecule has 5 atom stereocenters. The van der Waals surface area contributed by atoms with Gasteiger partial charge < -0.3 is 0 Å². The topological polar surface area (TPSA) is 144 Å². The van der Waals surface area contributed by atoms with Crippen molar-refractivity contribution in [1.82, 2.24) is 4.90 Å². The molecule has 0 N–H and O–H groups in total. The van der Waals surface area contributed by atoms with Crippen LogP contribution in [0.3, 0.4) is 0 Å². The third-order valence-corrected chi connectivity index (χ3v) is 25.9. The Morgan fingerprint density at radius 3 is 1.70 bits per heavy atom. The quantitative estimate of drug-likeness (QED) is 0.0723. The van der Waals surface area contributed by atoms with Gasteiger partial charge in [0, 0.05) is 0 Å². The first kappa shape index (κ1) is 42.1. The maximum atomic E-state index is 14.2. The van der Waals surface area contributed by atoms with Crippen molar-refractivity contribution >= 4 is 51.7 Å². The van der Waals surface area contributed by atoms with Gasteiger partial charge in [0.1, 0.15) is 0 Å². The predicted octanol–water partition coefficient (Wildman–Crippen LogP) is 6.29. The molecule has 2 amide bonds. The van der Waals surface area contributed by atoms with E-state index in [-0.39, 0.29) is 17.7 Å². The summed E-state index contributed by atoms with van der Waals surface area (Å²) in [5.41, 5.74) is 0.776. The second-order valence-corrected chi connectivity index (χ2v) is 27.1. The molecule has 0 radical (unpaired) electrons. The number of amides is 2. The molecular formula is C40H55NO11Sn. The molecule has 2 aromatic carbocycles. The SMILES string of the molecule is CCC[CH2][Sn]([CH2]CCC)([CH2]CCC)[c]1cc(OC)c([C@@H]2O[C@H](COC(C)=O)[C@@H](OC(C)=O)[C@H](OC(C)=O)[C@H]2N2C(=O)c3ccccc3C2=O)cc1OC. The van der Waals surface area contributed by atoms with Crippen molar-refractivity contribution in [3.05, 3.63) is 53.1 Å². The Labute approximate surface area is 317 Å². The minimum absolute atomic E-state index is 0.172. The van der Waals surface area contributed by atoms with E-state index in [4.69, 9.17) is 28.4 Å². The van der Waals surface area contributed by atoms with E-state index in [0.717, 1.165) is 56.7 Å². The Morgan fingerprint density at radius 1 is 0.736 bits per heavy atom. The summed E-state index contributed by atoms with van der Waals surface area (Å²) in [7, 11) is 3.19. The van der Waals surface area contributed by atoms with Gasteiger partial charge in [0.15, 0.2) is 0 Å². The van der Waals surface area contributed by atoms with Crippen LogP contribution < -0.4 is 13.1 Å². The van der Waals surface area contributed by atoms with Crippen LogP contribution in [0.25, 0.3) is 0 Å². The van der Waals surface area contributed by atoms with E-state index >= 15 is 0 Å². The molecular weight excluding hydrogens is 789 g/mol. The van der Waals surface area contributed by atoms with Crippen LogP contribution in [0.1, 0.15) is 112 Å². The van der Waals surface area contributed by atoms with Crippen molar-refractivity contribution in [3.8, 4) is 11.5 Å². The van der Waals surface area contributed by atoms with Gasteiger partial charge in [-0.2, -0.15) is 0 Å². The number of hydrogen-bond acceptors (Lipinski definition) is 11. The Kier molecular flexibility index (Phi) is 15.2. The number of carbonyl (C=O) groups excluding carboxylic acids is 5. The summed E-state index contributed by atoms with van der Waals surface area (Å²) < 4.78 is 40.8. The van der Waals surface area contributed by atoms with Gasteiger partial charge in [0.05, 0.1) is 0 Å². The van der Waals surface area contributed by atoms with Crippen LogP contribution in [-0.2, 0) is 33.3 Å². The molecule has 2 aliphatic rings. The Morgan fingerprint density at radius 2 is 1.25 bits per heavy atom. The minimum atomic E-state index is -3.19. The molecule has 1 fully saturated rings. The van der Waals surface area contributed by atoms with E-state index in [9.17, 15) is 24.0 Å². The molecule has 0 aromatic heterocycles. The molecule has 290 valence electrons. The number of nitrogens with zero attached hydrogens (tertiary/aromatic N) is 1. The molecule has 0 spiro atoms. The molecule has 1 saturated heterocycles. The number of unbranched alkanes of at least 4 members (excludes halogenated alkanes) is 3.